The first kappa shape index (κ1) is 21.6. The number of nitro benzene ring substituents is 1. The average Bonchev–Trinajstić information content (AvgIpc) is 2.68. The second-order valence-corrected chi connectivity index (χ2v) is 8.56. The van der Waals surface area contributed by atoms with Crippen molar-refractivity contribution in [2.45, 2.75) is 20.1 Å². The van der Waals surface area contributed by atoms with Gasteiger partial charge in [-0.2, -0.15) is 0 Å². The van der Waals surface area contributed by atoms with Crippen LogP contribution in [0.4, 0.5) is 11.4 Å². The molecule has 0 saturated heterocycles. The zero-order chi connectivity index (χ0) is 21.0. The van der Waals surface area contributed by atoms with E-state index in [-0.39, 0.29) is 5.69 Å². The van der Waals surface area contributed by atoms with Crippen molar-refractivity contribution in [3.63, 3.8) is 0 Å². The van der Waals surface area contributed by atoms with E-state index in [1.807, 2.05) is 37.3 Å². The van der Waals surface area contributed by atoms with Crippen LogP contribution in [-0.2, 0) is 13.2 Å². The molecule has 5 nitrogen and oxygen atoms in total. The molecule has 8 heteroatoms. The Bertz CT molecular complexity index is 1020. The monoisotopic (exact) mass is 538 g/mol. The zero-order valence-electron chi connectivity index (χ0n) is 15.4. The summed E-state index contributed by atoms with van der Waals surface area (Å²) in [6.07, 6.45) is 0. The Morgan fingerprint density at radius 3 is 2.31 bits per heavy atom. The summed E-state index contributed by atoms with van der Waals surface area (Å²) in [6.45, 7) is 2.95. The Balaban J connectivity index is 1.67. The third-order valence-electron chi connectivity index (χ3n) is 4.27. The maximum Gasteiger partial charge on any atom is 0.269 e. The fraction of sp³-hybridized carbons (Fsp3) is 0.143. The molecular weight excluding hydrogens is 524 g/mol. The third-order valence-corrected chi connectivity index (χ3v) is 5.68. The van der Waals surface area contributed by atoms with Gasteiger partial charge in [0, 0.05) is 29.4 Å². The number of hydrogen-bond donors (Lipinski definition) is 1. The van der Waals surface area contributed by atoms with Crippen molar-refractivity contribution in [1.29, 1.82) is 0 Å². The van der Waals surface area contributed by atoms with Gasteiger partial charge >= 0.3 is 0 Å². The molecule has 3 aromatic carbocycles. The summed E-state index contributed by atoms with van der Waals surface area (Å²) in [5.41, 5.74) is 4.07. The molecule has 0 aromatic heterocycles. The predicted octanol–water partition coefficient (Wildman–Crippen LogP) is 7.27. The van der Waals surface area contributed by atoms with E-state index >= 15 is 0 Å². The predicted molar refractivity (Wildman–Crippen MR) is 123 cm³/mol. The van der Waals surface area contributed by atoms with Crippen LogP contribution in [0.5, 0.6) is 5.75 Å². The van der Waals surface area contributed by atoms with Crippen LogP contribution in [-0.4, -0.2) is 4.92 Å². The summed E-state index contributed by atoms with van der Waals surface area (Å²) in [7, 11) is 0. The summed E-state index contributed by atoms with van der Waals surface area (Å²) in [5.74, 6) is 0.672. The molecule has 0 radical (unpaired) electrons. The minimum absolute atomic E-state index is 0.0582. The molecule has 0 unspecified atom stereocenters. The van der Waals surface area contributed by atoms with Gasteiger partial charge in [-0.25, -0.2) is 0 Å². The Morgan fingerprint density at radius 1 is 1.03 bits per heavy atom. The fourth-order valence-electron chi connectivity index (χ4n) is 2.70. The molecule has 0 spiro atoms. The Kier molecular flexibility index (Phi) is 7.16. The number of non-ortho nitro benzene ring substituents is 1. The molecule has 0 aliphatic heterocycles. The van der Waals surface area contributed by atoms with Gasteiger partial charge in [-0.15, -0.1) is 0 Å². The highest BCUT2D eigenvalue weighted by atomic mass is 79.9. The molecule has 0 atom stereocenters. The average molecular weight is 541 g/mol. The number of anilines is 1. The molecule has 0 amide bonds. The van der Waals surface area contributed by atoms with E-state index in [1.54, 1.807) is 12.1 Å². The minimum atomic E-state index is -0.421. The van der Waals surface area contributed by atoms with Gasteiger partial charge in [0.15, 0.2) is 0 Å². The highest BCUT2D eigenvalue weighted by Gasteiger charge is 2.11. The van der Waals surface area contributed by atoms with Crippen molar-refractivity contribution in [1.82, 2.24) is 0 Å². The van der Waals surface area contributed by atoms with Gasteiger partial charge in [-0.1, -0.05) is 17.7 Å². The summed E-state index contributed by atoms with van der Waals surface area (Å²) in [5, 5.41) is 14.8. The second-order valence-electron chi connectivity index (χ2n) is 6.41. The fourth-order valence-corrected chi connectivity index (χ4v) is 4.39. The van der Waals surface area contributed by atoms with Crippen molar-refractivity contribution < 1.29 is 9.66 Å². The SMILES string of the molecule is Cc1ccc(Cl)cc1NCc1cc(Br)c(OCc2ccc([N+](=O)[O-])cc2)c(Br)c1. The number of ether oxygens (including phenoxy) is 1. The lowest BCUT2D eigenvalue weighted by Crippen LogP contribution is -2.02. The van der Waals surface area contributed by atoms with Gasteiger partial charge in [0.05, 0.1) is 13.9 Å². The molecule has 0 bridgehead atoms. The number of nitro groups is 1. The van der Waals surface area contributed by atoms with E-state index in [9.17, 15) is 10.1 Å². The van der Waals surface area contributed by atoms with E-state index in [1.165, 1.54) is 12.1 Å². The van der Waals surface area contributed by atoms with Crippen LogP contribution in [0.25, 0.3) is 0 Å². The van der Waals surface area contributed by atoms with Crippen LogP contribution in [0, 0.1) is 17.0 Å². The molecule has 0 aliphatic carbocycles. The van der Waals surface area contributed by atoms with Crippen LogP contribution in [0.2, 0.25) is 5.02 Å². The van der Waals surface area contributed by atoms with Gasteiger partial charge < -0.3 is 10.1 Å². The van der Waals surface area contributed by atoms with Gasteiger partial charge in [0.1, 0.15) is 12.4 Å². The molecule has 150 valence electrons. The van der Waals surface area contributed by atoms with E-state index in [0.29, 0.717) is 23.9 Å². The first-order chi connectivity index (χ1) is 13.8. The highest BCUT2D eigenvalue weighted by Crippen LogP contribution is 2.36. The smallest absolute Gasteiger partial charge is 0.269 e. The molecule has 1 N–H and O–H groups in total. The Labute approximate surface area is 190 Å². The highest BCUT2D eigenvalue weighted by molar-refractivity contribution is 9.11. The Hall–Kier alpha value is -2.09. The van der Waals surface area contributed by atoms with Gasteiger partial charge in [-0.3, -0.25) is 10.1 Å². The first-order valence-electron chi connectivity index (χ1n) is 8.67. The topological polar surface area (TPSA) is 64.4 Å². The number of halogens is 3. The standard InChI is InChI=1S/C21H17Br2ClN2O3/c1-13-2-5-16(24)10-20(13)25-11-15-8-18(22)21(19(23)9-15)29-12-14-3-6-17(7-4-14)26(27)28/h2-10,25H,11-12H2,1H3. The molecular formula is C21H17Br2ClN2O3. The summed E-state index contributed by atoms with van der Waals surface area (Å²) in [4.78, 5) is 10.3. The minimum Gasteiger partial charge on any atom is -0.487 e. The van der Waals surface area contributed by atoms with Crippen LogP contribution < -0.4 is 10.1 Å². The lowest BCUT2D eigenvalue weighted by atomic mass is 10.1. The lowest BCUT2D eigenvalue weighted by molar-refractivity contribution is -0.384. The van der Waals surface area contributed by atoms with Crippen LogP contribution in [0.3, 0.4) is 0 Å². The second kappa shape index (κ2) is 9.61. The summed E-state index contributed by atoms with van der Waals surface area (Å²) < 4.78 is 7.53. The maximum absolute atomic E-state index is 10.7. The van der Waals surface area contributed by atoms with Crippen molar-refractivity contribution in [2.75, 3.05) is 5.32 Å². The largest absolute Gasteiger partial charge is 0.487 e. The number of hydrogen-bond acceptors (Lipinski definition) is 4. The first-order valence-corrected chi connectivity index (χ1v) is 10.6. The van der Waals surface area contributed by atoms with Crippen molar-refractivity contribution in [3.05, 3.63) is 95.4 Å². The van der Waals surface area contributed by atoms with Gasteiger partial charge in [0.2, 0.25) is 0 Å². The van der Waals surface area contributed by atoms with Crippen molar-refractivity contribution in [2.24, 2.45) is 0 Å². The van der Waals surface area contributed by atoms with Crippen LogP contribution in [0.1, 0.15) is 16.7 Å². The molecule has 29 heavy (non-hydrogen) atoms. The van der Waals surface area contributed by atoms with Gasteiger partial charge in [0.25, 0.3) is 5.69 Å². The normalized spacial score (nSPS) is 10.6. The van der Waals surface area contributed by atoms with Crippen LogP contribution in [0.15, 0.2) is 63.5 Å². The van der Waals surface area contributed by atoms with Crippen LogP contribution >= 0.6 is 43.5 Å². The van der Waals surface area contributed by atoms with E-state index in [4.69, 9.17) is 16.3 Å². The molecule has 0 saturated carbocycles. The molecule has 0 heterocycles. The lowest BCUT2D eigenvalue weighted by Gasteiger charge is -2.14. The number of benzene rings is 3. The molecule has 3 rings (SSSR count). The number of aryl methyl sites for hydroxylation is 1. The number of nitrogens with one attached hydrogen (secondary N) is 1. The molecule has 0 fully saturated rings. The van der Waals surface area contributed by atoms with Gasteiger partial charge in [-0.05, 0) is 91.9 Å². The summed E-state index contributed by atoms with van der Waals surface area (Å²) >= 11 is 13.2. The van der Waals surface area contributed by atoms with E-state index < -0.39 is 4.92 Å². The van der Waals surface area contributed by atoms with Crippen molar-refractivity contribution in [3.8, 4) is 5.75 Å². The molecule has 0 aliphatic rings. The van der Waals surface area contributed by atoms with E-state index in [2.05, 4.69) is 37.2 Å². The zero-order valence-corrected chi connectivity index (χ0v) is 19.3. The third kappa shape index (κ3) is 5.72. The Morgan fingerprint density at radius 2 is 1.69 bits per heavy atom. The molecule has 3 aromatic rings. The number of nitrogens with zero attached hydrogens (tertiary/aromatic N) is 1. The van der Waals surface area contributed by atoms with E-state index in [0.717, 1.165) is 31.3 Å². The maximum atomic E-state index is 10.7. The summed E-state index contributed by atoms with van der Waals surface area (Å²) in [6, 6.07) is 16.0. The number of rotatable bonds is 7. The quantitative estimate of drug-likeness (QED) is 0.253. The van der Waals surface area contributed by atoms with Crippen molar-refractivity contribution >= 4 is 54.8 Å².